The van der Waals surface area contributed by atoms with Crippen molar-refractivity contribution in [3.05, 3.63) is 59.2 Å². The van der Waals surface area contributed by atoms with Crippen molar-refractivity contribution in [3.8, 4) is 5.75 Å². The molecule has 0 saturated carbocycles. The van der Waals surface area contributed by atoms with Crippen LogP contribution in [0.2, 0.25) is 0 Å². The summed E-state index contributed by atoms with van der Waals surface area (Å²) in [5, 5.41) is 9.37. The number of rotatable bonds is 2. The Morgan fingerprint density at radius 1 is 1.14 bits per heavy atom. The van der Waals surface area contributed by atoms with Crippen LogP contribution in [0.3, 0.4) is 0 Å². The number of hydrogen-bond acceptors (Lipinski definition) is 2. The summed E-state index contributed by atoms with van der Waals surface area (Å²) in [6.07, 6.45) is 3.40. The first-order valence-electron chi connectivity index (χ1n) is 7.71. The summed E-state index contributed by atoms with van der Waals surface area (Å²) in [7, 11) is 0. The van der Waals surface area contributed by atoms with E-state index in [0.29, 0.717) is 5.75 Å². The normalized spacial score (nSPS) is 17.1. The quantitative estimate of drug-likeness (QED) is 0.715. The average molecular weight is 310 g/mol. The van der Waals surface area contributed by atoms with Crippen LogP contribution in [0, 0.1) is 0 Å². The first-order valence-corrected chi connectivity index (χ1v) is 8.69. The number of fused-ring (bicyclic) bond motifs is 1. The van der Waals surface area contributed by atoms with Gasteiger partial charge in [0.15, 0.2) is 0 Å². The van der Waals surface area contributed by atoms with E-state index in [-0.39, 0.29) is 5.41 Å². The summed E-state index contributed by atoms with van der Waals surface area (Å²) in [4.78, 5) is 1.43. The lowest BCUT2D eigenvalue weighted by Gasteiger charge is -2.32. The number of aromatic hydroxyl groups is 1. The Hall–Kier alpha value is -1.67. The van der Waals surface area contributed by atoms with Crippen LogP contribution in [-0.4, -0.2) is 10.9 Å². The van der Waals surface area contributed by atoms with Crippen molar-refractivity contribution in [3.63, 3.8) is 0 Å². The molecule has 0 amide bonds. The summed E-state index contributed by atoms with van der Waals surface area (Å²) in [6, 6.07) is 14.2. The summed E-state index contributed by atoms with van der Waals surface area (Å²) in [5.41, 5.74) is 5.37. The van der Waals surface area contributed by atoms with Gasteiger partial charge in [-0.1, -0.05) is 38.1 Å². The second-order valence-corrected chi connectivity index (χ2v) is 7.75. The van der Waals surface area contributed by atoms with E-state index in [1.165, 1.54) is 33.8 Å². The van der Waals surface area contributed by atoms with Gasteiger partial charge >= 0.3 is 0 Å². The van der Waals surface area contributed by atoms with Crippen LogP contribution in [0.5, 0.6) is 5.75 Å². The van der Waals surface area contributed by atoms with Crippen molar-refractivity contribution in [1.82, 2.24) is 0 Å². The largest absolute Gasteiger partial charge is 0.508 e. The van der Waals surface area contributed by atoms with Crippen LogP contribution in [0.4, 0.5) is 0 Å². The molecule has 2 aromatic rings. The smallest absolute Gasteiger partial charge is 0.115 e. The SMILES string of the molecule is CC(=Cc1ccc(O)cc1)c1ccc2c(c1)C(C)(C)CCS2. The van der Waals surface area contributed by atoms with Gasteiger partial charge in [-0.25, -0.2) is 0 Å². The van der Waals surface area contributed by atoms with Gasteiger partial charge in [-0.05, 0) is 71.0 Å². The molecule has 114 valence electrons. The zero-order chi connectivity index (χ0) is 15.7. The van der Waals surface area contributed by atoms with E-state index in [1.54, 1.807) is 12.1 Å². The maximum Gasteiger partial charge on any atom is 0.115 e. The maximum absolute atomic E-state index is 9.37. The molecule has 1 aliphatic rings. The molecule has 0 unspecified atom stereocenters. The molecule has 2 heteroatoms. The van der Waals surface area contributed by atoms with Crippen molar-refractivity contribution in [2.45, 2.75) is 37.5 Å². The van der Waals surface area contributed by atoms with E-state index in [9.17, 15) is 5.11 Å². The van der Waals surface area contributed by atoms with Gasteiger partial charge in [-0.15, -0.1) is 11.8 Å². The Labute approximate surface area is 137 Å². The molecule has 0 spiro atoms. The molecule has 1 aliphatic heterocycles. The third-order valence-electron chi connectivity index (χ3n) is 4.42. The van der Waals surface area contributed by atoms with E-state index in [4.69, 9.17) is 0 Å². The zero-order valence-corrected chi connectivity index (χ0v) is 14.2. The topological polar surface area (TPSA) is 20.2 Å². The number of phenols is 1. The minimum absolute atomic E-state index is 0.259. The summed E-state index contributed by atoms with van der Waals surface area (Å²) < 4.78 is 0. The number of benzene rings is 2. The van der Waals surface area contributed by atoms with Gasteiger partial charge in [-0.2, -0.15) is 0 Å². The highest BCUT2D eigenvalue weighted by Crippen LogP contribution is 2.42. The Morgan fingerprint density at radius 2 is 1.86 bits per heavy atom. The molecule has 1 heterocycles. The van der Waals surface area contributed by atoms with Crippen molar-refractivity contribution >= 4 is 23.4 Å². The molecular formula is C20H22OS. The minimum atomic E-state index is 0.259. The van der Waals surface area contributed by atoms with Gasteiger partial charge in [0, 0.05) is 4.90 Å². The number of allylic oxidation sites excluding steroid dienone is 1. The van der Waals surface area contributed by atoms with Gasteiger partial charge in [0.25, 0.3) is 0 Å². The summed E-state index contributed by atoms with van der Waals surface area (Å²) in [6.45, 7) is 6.83. The van der Waals surface area contributed by atoms with Crippen LogP contribution in [0.25, 0.3) is 11.6 Å². The fraction of sp³-hybridized carbons (Fsp3) is 0.300. The lowest BCUT2D eigenvalue weighted by atomic mass is 9.80. The second-order valence-electron chi connectivity index (χ2n) is 6.61. The molecule has 22 heavy (non-hydrogen) atoms. The zero-order valence-electron chi connectivity index (χ0n) is 13.4. The highest BCUT2D eigenvalue weighted by atomic mass is 32.2. The first-order chi connectivity index (χ1) is 10.5. The van der Waals surface area contributed by atoms with E-state index < -0.39 is 0 Å². The predicted octanol–water partition coefficient (Wildman–Crippen LogP) is 5.73. The van der Waals surface area contributed by atoms with Crippen molar-refractivity contribution in [2.75, 3.05) is 5.75 Å². The molecule has 0 fully saturated rings. The van der Waals surface area contributed by atoms with Gasteiger partial charge in [0.2, 0.25) is 0 Å². The van der Waals surface area contributed by atoms with Crippen LogP contribution < -0.4 is 0 Å². The van der Waals surface area contributed by atoms with Gasteiger partial charge < -0.3 is 5.11 Å². The Morgan fingerprint density at radius 3 is 2.59 bits per heavy atom. The predicted molar refractivity (Wildman–Crippen MR) is 96.5 cm³/mol. The van der Waals surface area contributed by atoms with Crippen LogP contribution >= 0.6 is 11.8 Å². The van der Waals surface area contributed by atoms with Gasteiger partial charge in [-0.3, -0.25) is 0 Å². The summed E-state index contributed by atoms with van der Waals surface area (Å²) >= 11 is 1.97. The molecule has 3 rings (SSSR count). The molecule has 1 N–H and O–H groups in total. The van der Waals surface area contributed by atoms with E-state index in [0.717, 1.165) is 5.56 Å². The molecule has 0 aromatic heterocycles. The number of phenolic OH excluding ortho intramolecular Hbond substituents is 1. The maximum atomic E-state index is 9.37. The molecule has 2 aromatic carbocycles. The first kappa shape index (κ1) is 15.2. The Balaban J connectivity index is 1.96. The van der Waals surface area contributed by atoms with E-state index in [2.05, 4.69) is 45.0 Å². The Bertz CT molecular complexity index is 711. The van der Waals surface area contributed by atoms with Crippen molar-refractivity contribution in [1.29, 1.82) is 0 Å². The van der Waals surface area contributed by atoms with Gasteiger partial charge in [0.1, 0.15) is 5.75 Å². The van der Waals surface area contributed by atoms with Crippen molar-refractivity contribution in [2.24, 2.45) is 0 Å². The fourth-order valence-corrected chi connectivity index (χ4v) is 4.37. The number of thioether (sulfide) groups is 1. The molecule has 0 bridgehead atoms. The molecule has 0 radical (unpaired) electrons. The average Bonchev–Trinajstić information content (AvgIpc) is 2.49. The molecular weight excluding hydrogens is 288 g/mol. The van der Waals surface area contributed by atoms with Crippen LogP contribution in [0.15, 0.2) is 47.4 Å². The molecule has 0 aliphatic carbocycles. The molecule has 1 nitrogen and oxygen atoms in total. The Kier molecular flexibility index (Phi) is 4.05. The third kappa shape index (κ3) is 3.07. The molecule has 0 saturated heterocycles. The molecule has 0 atom stereocenters. The second kappa shape index (κ2) is 5.85. The summed E-state index contributed by atoms with van der Waals surface area (Å²) in [5.74, 6) is 1.52. The van der Waals surface area contributed by atoms with Crippen LogP contribution in [0.1, 0.15) is 43.9 Å². The van der Waals surface area contributed by atoms with Crippen molar-refractivity contribution < 1.29 is 5.11 Å². The number of hydrogen-bond donors (Lipinski definition) is 1. The monoisotopic (exact) mass is 310 g/mol. The van der Waals surface area contributed by atoms with Crippen LogP contribution in [-0.2, 0) is 5.41 Å². The van der Waals surface area contributed by atoms with E-state index in [1.807, 2.05) is 23.9 Å². The van der Waals surface area contributed by atoms with E-state index >= 15 is 0 Å². The lowest BCUT2D eigenvalue weighted by molar-refractivity contribution is 0.475. The third-order valence-corrected chi connectivity index (χ3v) is 5.50. The minimum Gasteiger partial charge on any atom is -0.508 e. The standard InChI is InChI=1S/C20H22OS/c1-14(12-15-4-7-17(21)8-5-15)16-6-9-19-18(13-16)20(2,3)10-11-22-19/h4-9,12-13,21H,10-11H2,1-3H3. The van der Waals surface area contributed by atoms with Gasteiger partial charge in [0.05, 0.1) is 0 Å². The highest BCUT2D eigenvalue weighted by Gasteiger charge is 2.27. The highest BCUT2D eigenvalue weighted by molar-refractivity contribution is 7.99. The lowest BCUT2D eigenvalue weighted by Crippen LogP contribution is -2.22. The fourth-order valence-electron chi connectivity index (χ4n) is 2.88.